The Hall–Kier alpha value is -1.96. The summed E-state index contributed by atoms with van der Waals surface area (Å²) in [6.45, 7) is 0. The van der Waals surface area contributed by atoms with Gasteiger partial charge in [-0.1, -0.05) is 36.4 Å². The Morgan fingerprint density at radius 3 is 1.95 bits per heavy atom. The van der Waals surface area contributed by atoms with Gasteiger partial charge in [0.2, 0.25) is 0 Å². The van der Waals surface area contributed by atoms with Crippen LogP contribution in [0, 0.1) is 5.92 Å². The average molecular weight is 322 g/mol. The van der Waals surface area contributed by atoms with Crippen LogP contribution in [-0.4, -0.2) is 12.4 Å². The van der Waals surface area contributed by atoms with Crippen molar-refractivity contribution in [2.45, 2.75) is 17.9 Å². The topological polar surface area (TPSA) is 52.0 Å². The first-order valence-electron chi connectivity index (χ1n) is 6.15. The van der Waals surface area contributed by atoms with Crippen molar-refractivity contribution in [3.05, 3.63) is 59.3 Å². The first-order chi connectivity index (χ1) is 9.98. The second-order valence-electron chi connectivity index (χ2n) is 4.97. The van der Waals surface area contributed by atoms with E-state index in [4.69, 9.17) is 11.5 Å². The number of rotatable bonds is 1. The summed E-state index contributed by atoms with van der Waals surface area (Å²) in [4.78, 5) is 0. The van der Waals surface area contributed by atoms with Crippen LogP contribution in [0.2, 0.25) is 0 Å². The zero-order valence-corrected chi connectivity index (χ0v) is 11.0. The lowest BCUT2D eigenvalue weighted by atomic mass is 9.70. The largest absolute Gasteiger partial charge is 0.415 e. The molecule has 0 aliphatic heterocycles. The van der Waals surface area contributed by atoms with Crippen LogP contribution in [0.4, 0.5) is 26.3 Å². The highest BCUT2D eigenvalue weighted by molar-refractivity contribution is 5.45. The number of alkyl halides is 6. The Labute approximate surface area is 122 Å². The van der Waals surface area contributed by atoms with Crippen LogP contribution < -0.4 is 11.5 Å². The monoisotopic (exact) mass is 322 g/mol. The number of hydrogen-bond donors (Lipinski definition) is 2. The van der Waals surface area contributed by atoms with Crippen LogP contribution >= 0.6 is 0 Å². The molecule has 0 heterocycles. The summed E-state index contributed by atoms with van der Waals surface area (Å²) in [6, 6.07) is 6.83. The molecular weight excluding hydrogens is 310 g/mol. The molecular formula is C14H12F6N2. The van der Waals surface area contributed by atoms with Crippen molar-refractivity contribution >= 4 is 0 Å². The minimum absolute atomic E-state index is 0.0807. The van der Waals surface area contributed by atoms with E-state index in [1.165, 1.54) is 30.3 Å². The molecule has 22 heavy (non-hydrogen) atoms. The molecule has 1 aliphatic carbocycles. The maximum atomic E-state index is 13.4. The molecule has 0 saturated carbocycles. The van der Waals surface area contributed by atoms with E-state index in [-0.39, 0.29) is 5.56 Å². The number of nitrogens with two attached hydrogens (primary N) is 2. The highest BCUT2D eigenvalue weighted by Gasteiger charge is 2.61. The fourth-order valence-corrected chi connectivity index (χ4v) is 2.57. The lowest BCUT2D eigenvalue weighted by Gasteiger charge is -2.41. The van der Waals surface area contributed by atoms with Crippen LogP contribution in [-0.2, 0) is 5.54 Å². The molecule has 0 fully saturated rings. The van der Waals surface area contributed by atoms with Crippen molar-refractivity contribution in [3.63, 3.8) is 0 Å². The van der Waals surface area contributed by atoms with Gasteiger partial charge < -0.3 is 11.5 Å². The van der Waals surface area contributed by atoms with E-state index < -0.39 is 35.1 Å². The van der Waals surface area contributed by atoms with E-state index in [1.807, 2.05) is 0 Å². The maximum absolute atomic E-state index is 13.4. The van der Waals surface area contributed by atoms with Gasteiger partial charge in [-0.2, -0.15) is 26.3 Å². The lowest BCUT2D eigenvalue weighted by molar-refractivity contribution is -0.199. The fraction of sp³-hybridized carbons (Fsp3) is 0.286. The standard InChI is InChI=1S/C14H12F6N2/c15-13(16,17)10-9(21)6-7-12(22,11(10)14(18,19)20)8-4-2-1-3-5-8/h1-7,11H,21-22H2. The smallest absolute Gasteiger partial charge is 0.398 e. The van der Waals surface area contributed by atoms with Gasteiger partial charge in [-0.3, -0.25) is 0 Å². The Kier molecular flexibility index (Phi) is 3.76. The van der Waals surface area contributed by atoms with Crippen molar-refractivity contribution in [2.75, 3.05) is 0 Å². The van der Waals surface area contributed by atoms with Gasteiger partial charge in [-0.05, 0) is 11.6 Å². The number of hydrogen-bond acceptors (Lipinski definition) is 2. The van der Waals surface area contributed by atoms with Gasteiger partial charge in [-0.15, -0.1) is 0 Å². The Bertz CT molecular complexity index is 614. The second-order valence-corrected chi connectivity index (χ2v) is 4.97. The third kappa shape index (κ3) is 2.70. The second kappa shape index (κ2) is 5.05. The predicted octanol–water partition coefficient (Wildman–Crippen LogP) is 3.36. The minimum Gasteiger partial charge on any atom is -0.398 e. The molecule has 2 atom stereocenters. The Balaban J connectivity index is 2.70. The molecule has 2 unspecified atom stereocenters. The SMILES string of the molecule is NC1=C(C(F)(F)F)C(C(F)(F)F)C(N)(c2ccccc2)C=C1. The van der Waals surface area contributed by atoms with Crippen molar-refractivity contribution in [3.8, 4) is 0 Å². The van der Waals surface area contributed by atoms with Gasteiger partial charge in [0.15, 0.2) is 0 Å². The molecule has 8 heteroatoms. The van der Waals surface area contributed by atoms with E-state index in [0.29, 0.717) is 0 Å². The summed E-state index contributed by atoms with van der Waals surface area (Å²) >= 11 is 0. The summed E-state index contributed by atoms with van der Waals surface area (Å²) in [5, 5.41) is 0. The zero-order chi connectivity index (χ0) is 16.8. The number of allylic oxidation sites excluding steroid dienone is 1. The van der Waals surface area contributed by atoms with Gasteiger partial charge in [0, 0.05) is 5.70 Å². The van der Waals surface area contributed by atoms with Crippen LogP contribution in [0.25, 0.3) is 0 Å². The van der Waals surface area contributed by atoms with Crippen LogP contribution in [0.5, 0.6) is 0 Å². The van der Waals surface area contributed by atoms with Gasteiger partial charge in [0.05, 0.1) is 11.1 Å². The van der Waals surface area contributed by atoms with E-state index in [0.717, 1.165) is 12.2 Å². The Morgan fingerprint density at radius 2 is 1.50 bits per heavy atom. The van der Waals surface area contributed by atoms with Gasteiger partial charge in [0.1, 0.15) is 5.92 Å². The molecule has 1 aromatic rings. The van der Waals surface area contributed by atoms with Gasteiger partial charge >= 0.3 is 12.4 Å². The van der Waals surface area contributed by atoms with Crippen molar-refractivity contribution < 1.29 is 26.3 Å². The summed E-state index contributed by atoms with van der Waals surface area (Å²) in [7, 11) is 0. The molecule has 1 aromatic carbocycles. The van der Waals surface area contributed by atoms with Gasteiger partial charge in [-0.25, -0.2) is 0 Å². The third-order valence-electron chi connectivity index (χ3n) is 3.52. The molecule has 0 spiro atoms. The molecule has 2 rings (SSSR count). The van der Waals surface area contributed by atoms with E-state index in [2.05, 4.69) is 0 Å². The van der Waals surface area contributed by atoms with Crippen molar-refractivity contribution in [1.29, 1.82) is 0 Å². The summed E-state index contributed by atoms with van der Waals surface area (Å²) in [6.07, 6.45) is -8.82. The average Bonchev–Trinajstić information content (AvgIpc) is 2.39. The van der Waals surface area contributed by atoms with E-state index in [1.54, 1.807) is 0 Å². The highest BCUT2D eigenvalue weighted by Crippen LogP contribution is 2.51. The van der Waals surface area contributed by atoms with Crippen LogP contribution in [0.3, 0.4) is 0 Å². The first-order valence-corrected chi connectivity index (χ1v) is 6.15. The molecule has 120 valence electrons. The van der Waals surface area contributed by atoms with Crippen LogP contribution in [0.1, 0.15) is 5.56 Å². The number of benzene rings is 1. The molecule has 4 N–H and O–H groups in total. The summed E-state index contributed by atoms with van der Waals surface area (Å²) in [5.74, 6) is -2.98. The van der Waals surface area contributed by atoms with Gasteiger partial charge in [0.25, 0.3) is 0 Å². The van der Waals surface area contributed by atoms with Crippen molar-refractivity contribution in [1.82, 2.24) is 0 Å². The first kappa shape index (κ1) is 16.4. The minimum atomic E-state index is -5.24. The zero-order valence-electron chi connectivity index (χ0n) is 11.0. The fourth-order valence-electron chi connectivity index (χ4n) is 2.57. The quantitative estimate of drug-likeness (QED) is 0.779. The lowest BCUT2D eigenvalue weighted by Crippen LogP contribution is -2.54. The maximum Gasteiger partial charge on any atom is 0.415 e. The molecule has 0 amide bonds. The molecule has 2 nitrogen and oxygen atoms in total. The summed E-state index contributed by atoms with van der Waals surface area (Å²) in [5.41, 5.74) is 5.62. The van der Waals surface area contributed by atoms with Crippen LogP contribution in [0.15, 0.2) is 53.8 Å². The molecule has 0 bridgehead atoms. The molecule has 0 aromatic heterocycles. The molecule has 1 aliphatic rings. The van der Waals surface area contributed by atoms with Crippen molar-refractivity contribution in [2.24, 2.45) is 17.4 Å². The Morgan fingerprint density at radius 1 is 0.955 bits per heavy atom. The summed E-state index contributed by atoms with van der Waals surface area (Å²) < 4.78 is 79.4. The third-order valence-corrected chi connectivity index (χ3v) is 3.52. The molecule has 0 saturated heterocycles. The molecule has 0 radical (unpaired) electrons. The number of halogens is 6. The van der Waals surface area contributed by atoms with E-state index in [9.17, 15) is 26.3 Å². The van der Waals surface area contributed by atoms with E-state index >= 15 is 0 Å². The predicted molar refractivity (Wildman–Crippen MR) is 68.3 cm³/mol. The normalized spacial score (nSPS) is 26.4. The highest BCUT2D eigenvalue weighted by atomic mass is 19.4.